The SMILES string of the molecule is CC(CC(=O)NCc1cnc[nH]1)C(C)(C)C. The van der Waals surface area contributed by atoms with E-state index in [9.17, 15) is 4.79 Å². The number of carbonyl (C=O) groups is 1. The molecule has 1 amide bonds. The number of aromatic nitrogens is 2. The highest BCUT2D eigenvalue weighted by Crippen LogP contribution is 2.27. The van der Waals surface area contributed by atoms with Crippen LogP contribution < -0.4 is 5.32 Å². The fraction of sp³-hybridized carbons (Fsp3) is 0.667. The Bertz CT molecular complexity index is 325. The highest BCUT2D eigenvalue weighted by molar-refractivity contribution is 5.76. The molecule has 4 nitrogen and oxygen atoms in total. The zero-order chi connectivity index (χ0) is 12.2. The van der Waals surface area contributed by atoms with Crippen molar-refractivity contribution in [1.82, 2.24) is 15.3 Å². The van der Waals surface area contributed by atoms with E-state index >= 15 is 0 Å². The zero-order valence-corrected chi connectivity index (χ0v) is 10.5. The molecule has 1 unspecified atom stereocenters. The molecule has 1 atom stereocenters. The Labute approximate surface area is 96.9 Å². The lowest BCUT2D eigenvalue weighted by atomic mass is 9.80. The number of nitrogens with zero attached hydrogens (tertiary/aromatic N) is 1. The van der Waals surface area contributed by atoms with Crippen molar-refractivity contribution in [2.75, 3.05) is 0 Å². The lowest BCUT2D eigenvalue weighted by Gasteiger charge is -2.26. The van der Waals surface area contributed by atoms with E-state index in [1.807, 2.05) is 0 Å². The summed E-state index contributed by atoms with van der Waals surface area (Å²) in [6.45, 7) is 9.09. The van der Waals surface area contributed by atoms with Crippen molar-refractivity contribution in [1.29, 1.82) is 0 Å². The molecular weight excluding hydrogens is 202 g/mol. The summed E-state index contributed by atoms with van der Waals surface area (Å²) in [5.74, 6) is 0.464. The van der Waals surface area contributed by atoms with Gasteiger partial charge in [0.2, 0.25) is 5.91 Å². The molecule has 0 spiro atoms. The standard InChI is InChI=1S/C12H21N3O/c1-9(12(2,3)4)5-11(16)14-7-10-6-13-8-15-10/h6,8-9H,5,7H2,1-4H3,(H,13,15)(H,14,16). The number of carbonyl (C=O) groups excluding carboxylic acids is 1. The Hall–Kier alpha value is -1.32. The molecule has 90 valence electrons. The van der Waals surface area contributed by atoms with E-state index in [0.717, 1.165) is 5.69 Å². The molecule has 0 radical (unpaired) electrons. The van der Waals surface area contributed by atoms with Gasteiger partial charge in [0, 0.05) is 12.6 Å². The number of hydrogen-bond acceptors (Lipinski definition) is 2. The zero-order valence-electron chi connectivity index (χ0n) is 10.5. The number of rotatable bonds is 4. The Kier molecular flexibility index (Phi) is 4.10. The minimum Gasteiger partial charge on any atom is -0.350 e. The highest BCUT2D eigenvalue weighted by Gasteiger charge is 2.22. The van der Waals surface area contributed by atoms with Gasteiger partial charge in [0.1, 0.15) is 0 Å². The van der Waals surface area contributed by atoms with E-state index in [-0.39, 0.29) is 11.3 Å². The molecule has 1 aromatic heterocycles. The molecule has 4 heteroatoms. The largest absolute Gasteiger partial charge is 0.350 e. The van der Waals surface area contributed by atoms with Crippen LogP contribution in [0.2, 0.25) is 0 Å². The third-order valence-corrected chi connectivity index (χ3v) is 3.00. The van der Waals surface area contributed by atoms with E-state index in [1.165, 1.54) is 0 Å². The van der Waals surface area contributed by atoms with Gasteiger partial charge in [-0.25, -0.2) is 4.98 Å². The highest BCUT2D eigenvalue weighted by atomic mass is 16.1. The van der Waals surface area contributed by atoms with Crippen molar-refractivity contribution in [3.05, 3.63) is 18.2 Å². The predicted molar refractivity (Wildman–Crippen MR) is 63.7 cm³/mol. The summed E-state index contributed by atoms with van der Waals surface area (Å²) in [6, 6.07) is 0. The number of nitrogens with one attached hydrogen (secondary N) is 2. The molecule has 0 aromatic carbocycles. The number of H-pyrrole nitrogens is 1. The second-order valence-electron chi connectivity index (χ2n) is 5.32. The smallest absolute Gasteiger partial charge is 0.220 e. The summed E-state index contributed by atoms with van der Waals surface area (Å²) < 4.78 is 0. The molecule has 1 heterocycles. The Balaban J connectivity index is 2.31. The van der Waals surface area contributed by atoms with Crippen molar-refractivity contribution in [2.45, 2.75) is 40.7 Å². The second kappa shape index (κ2) is 5.14. The summed E-state index contributed by atoms with van der Waals surface area (Å²) >= 11 is 0. The molecular formula is C12H21N3O. The third kappa shape index (κ3) is 4.04. The summed E-state index contributed by atoms with van der Waals surface area (Å²) in [5, 5.41) is 2.88. The van der Waals surface area contributed by atoms with Crippen LogP contribution in [0.4, 0.5) is 0 Å². The van der Waals surface area contributed by atoms with Crippen molar-refractivity contribution < 1.29 is 4.79 Å². The van der Waals surface area contributed by atoms with Crippen molar-refractivity contribution >= 4 is 5.91 Å². The number of aromatic amines is 1. The Morgan fingerprint density at radius 3 is 2.75 bits per heavy atom. The van der Waals surface area contributed by atoms with Gasteiger partial charge in [-0.3, -0.25) is 4.79 Å². The van der Waals surface area contributed by atoms with Gasteiger partial charge < -0.3 is 10.3 Å². The average Bonchev–Trinajstić information content (AvgIpc) is 2.65. The monoisotopic (exact) mass is 223 g/mol. The van der Waals surface area contributed by atoms with Crippen LogP contribution >= 0.6 is 0 Å². The maximum absolute atomic E-state index is 11.6. The van der Waals surface area contributed by atoms with Crippen LogP contribution in [0.1, 0.15) is 39.8 Å². The third-order valence-electron chi connectivity index (χ3n) is 3.00. The molecule has 0 bridgehead atoms. The predicted octanol–water partition coefficient (Wildman–Crippen LogP) is 2.10. The van der Waals surface area contributed by atoms with E-state index in [4.69, 9.17) is 0 Å². The molecule has 0 saturated heterocycles. The molecule has 0 aliphatic rings. The van der Waals surface area contributed by atoms with E-state index < -0.39 is 0 Å². The maximum Gasteiger partial charge on any atom is 0.220 e. The lowest BCUT2D eigenvalue weighted by Crippen LogP contribution is -2.28. The summed E-state index contributed by atoms with van der Waals surface area (Å²) in [4.78, 5) is 18.5. The number of amides is 1. The minimum atomic E-state index is 0.0945. The number of imidazole rings is 1. The first-order valence-electron chi connectivity index (χ1n) is 5.63. The maximum atomic E-state index is 11.6. The minimum absolute atomic E-state index is 0.0945. The van der Waals surface area contributed by atoms with Crippen molar-refractivity contribution in [3.63, 3.8) is 0 Å². The summed E-state index contributed by atoms with van der Waals surface area (Å²) in [5.41, 5.74) is 1.10. The van der Waals surface area contributed by atoms with E-state index in [2.05, 4.69) is 43.0 Å². The van der Waals surface area contributed by atoms with Crippen molar-refractivity contribution in [2.24, 2.45) is 11.3 Å². The Morgan fingerprint density at radius 1 is 1.56 bits per heavy atom. The molecule has 0 fully saturated rings. The van der Waals surface area contributed by atoms with Gasteiger partial charge in [-0.15, -0.1) is 0 Å². The van der Waals surface area contributed by atoms with Crippen LogP contribution in [0.3, 0.4) is 0 Å². The van der Waals surface area contributed by atoms with Crippen LogP contribution in [0.25, 0.3) is 0 Å². The van der Waals surface area contributed by atoms with E-state index in [0.29, 0.717) is 18.9 Å². The van der Waals surface area contributed by atoms with Gasteiger partial charge in [0.05, 0.1) is 18.6 Å². The normalized spacial score (nSPS) is 13.5. The van der Waals surface area contributed by atoms with Gasteiger partial charge in [0.25, 0.3) is 0 Å². The molecule has 0 saturated carbocycles. The fourth-order valence-corrected chi connectivity index (χ4v) is 1.23. The van der Waals surface area contributed by atoms with E-state index in [1.54, 1.807) is 12.5 Å². The molecule has 0 aliphatic carbocycles. The summed E-state index contributed by atoms with van der Waals surface area (Å²) in [7, 11) is 0. The average molecular weight is 223 g/mol. The second-order valence-corrected chi connectivity index (χ2v) is 5.32. The molecule has 1 aromatic rings. The van der Waals surface area contributed by atoms with Gasteiger partial charge in [-0.1, -0.05) is 27.7 Å². The lowest BCUT2D eigenvalue weighted by molar-refractivity contribution is -0.122. The van der Waals surface area contributed by atoms with Gasteiger partial charge in [-0.2, -0.15) is 0 Å². The first-order chi connectivity index (χ1) is 7.39. The number of hydrogen-bond donors (Lipinski definition) is 2. The van der Waals surface area contributed by atoms with Gasteiger partial charge >= 0.3 is 0 Å². The van der Waals surface area contributed by atoms with Crippen LogP contribution in [-0.2, 0) is 11.3 Å². The summed E-state index contributed by atoms with van der Waals surface area (Å²) in [6.07, 6.45) is 3.89. The molecule has 16 heavy (non-hydrogen) atoms. The molecule has 0 aliphatic heterocycles. The fourth-order valence-electron chi connectivity index (χ4n) is 1.23. The van der Waals surface area contributed by atoms with Crippen LogP contribution in [0.15, 0.2) is 12.5 Å². The van der Waals surface area contributed by atoms with Crippen molar-refractivity contribution in [3.8, 4) is 0 Å². The first kappa shape index (κ1) is 12.7. The quantitative estimate of drug-likeness (QED) is 0.821. The molecule has 2 N–H and O–H groups in total. The van der Waals surface area contributed by atoms with Crippen LogP contribution in [0, 0.1) is 11.3 Å². The topological polar surface area (TPSA) is 57.8 Å². The van der Waals surface area contributed by atoms with Gasteiger partial charge in [0.15, 0.2) is 0 Å². The first-order valence-corrected chi connectivity index (χ1v) is 5.63. The van der Waals surface area contributed by atoms with Crippen LogP contribution in [0.5, 0.6) is 0 Å². The van der Waals surface area contributed by atoms with Gasteiger partial charge in [-0.05, 0) is 11.3 Å². The van der Waals surface area contributed by atoms with Crippen LogP contribution in [-0.4, -0.2) is 15.9 Å². The Morgan fingerprint density at radius 2 is 2.25 bits per heavy atom. The molecule has 1 rings (SSSR count).